The average molecular weight is 416 g/mol. The first kappa shape index (κ1) is 19.2. The maximum Gasteiger partial charge on any atom is 0.225 e. The largest absolute Gasteiger partial charge is 0.485 e. The van der Waals surface area contributed by atoms with Gasteiger partial charge in [-0.25, -0.2) is 0 Å². The van der Waals surface area contributed by atoms with Gasteiger partial charge in [0.15, 0.2) is 0 Å². The second kappa shape index (κ2) is 6.91. The number of anilines is 1. The van der Waals surface area contributed by atoms with E-state index in [0.717, 1.165) is 43.7 Å². The van der Waals surface area contributed by atoms with Crippen molar-refractivity contribution in [2.45, 2.75) is 62.6 Å². The summed E-state index contributed by atoms with van der Waals surface area (Å²) >= 11 is 4.17. The predicted octanol–water partition coefficient (Wildman–Crippen LogP) is 2.12. The summed E-state index contributed by atoms with van der Waals surface area (Å²) in [7, 11) is 2.24. The topological polar surface area (TPSA) is 70.7 Å². The number of ether oxygens (including phenoxy) is 1. The predicted molar refractivity (Wildman–Crippen MR) is 115 cm³/mol. The highest BCUT2D eigenvalue weighted by molar-refractivity contribution is 7.80. The number of piperidine rings is 1. The van der Waals surface area contributed by atoms with E-state index in [1.807, 2.05) is 6.07 Å². The Hall–Kier alpha value is -1.73. The normalized spacial score (nSPS) is 34.2. The van der Waals surface area contributed by atoms with Gasteiger partial charge in [-0.3, -0.25) is 9.59 Å². The summed E-state index contributed by atoms with van der Waals surface area (Å²) in [5, 5.41) is 6.21. The van der Waals surface area contributed by atoms with Crippen molar-refractivity contribution in [1.29, 1.82) is 0 Å². The van der Waals surface area contributed by atoms with Gasteiger partial charge in [0.05, 0.1) is 11.7 Å². The molecule has 1 spiro atoms. The molecule has 2 heterocycles. The number of nitrogens with one attached hydrogen (secondary N) is 2. The van der Waals surface area contributed by atoms with Crippen molar-refractivity contribution in [1.82, 2.24) is 10.2 Å². The fourth-order valence-electron chi connectivity index (χ4n) is 6.57. The quantitative estimate of drug-likeness (QED) is 0.659. The van der Waals surface area contributed by atoms with E-state index in [1.54, 1.807) is 6.92 Å². The van der Waals surface area contributed by atoms with Crippen LogP contribution in [0.5, 0.6) is 5.75 Å². The highest BCUT2D eigenvalue weighted by Crippen LogP contribution is 2.63. The number of thiol groups is 1. The molecule has 156 valence electrons. The highest BCUT2D eigenvalue weighted by atomic mass is 32.1. The minimum absolute atomic E-state index is 0.00662. The van der Waals surface area contributed by atoms with Crippen LogP contribution < -0.4 is 15.4 Å². The standard InChI is InChI=1S/C22H29N3O3S/c1-12(26)23-16-6-4-14-17-11-13-3-5-15(24-18(27)7-10-29)20-19(13)22(14,21(16)28-20)8-9-25(17)2/h3,5,14,16-17,21,29H,4,6-11H2,1-2H3,(H,23,26)(H,24,27)/t14-,16-,17-,21-,22-/m0/s1. The Bertz CT molecular complexity index is 875. The Morgan fingerprint density at radius 3 is 2.93 bits per heavy atom. The van der Waals surface area contributed by atoms with E-state index in [-0.39, 0.29) is 29.4 Å². The number of hydrogen-bond acceptors (Lipinski definition) is 5. The van der Waals surface area contributed by atoms with Crippen molar-refractivity contribution in [3.05, 3.63) is 23.3 Å². The number of carbonyl (C=O) groups excluding carboxylic acids is 2. The summed E-state index contributed by atoms with van der Waals surface area (Å²) in [6, 6.07) is 4.68. The van der Waals surface area contributed by atoms with E-state index >= 15 is 0 Å². The number of amides is 2. The molecule has 2 N–H and O–H groups in total. The molecule has 0 radical (unpaired) electrons. The highest BCUT2D eigenvalue weighted by Gasteiger charge is 2.65. The number of nitrogens with zero attached hydrogens (tertiary/aromatic N) is 1. The van der Waals surface area contributed by atoms with Gasteiger partial charge in [0, 0.05) is 30.4 Å². The van der Waals surface area contributed by atoms with Crippen LogP contribution >= 0.6 is 12.6 Å². The van der Waals surface area contributed by atoms with Gasteiger partial charge < -0.3 is 20.3 Å². The van der Waals surface area contributed by atoms with Crippen LogP contribution in [0.3, 0.4) is 0 Å². The molecule has 0 aromatic heterocycles. The third-order valence-corrected chi connectivity index (χ3v) is 7.84. The lowest BCUT2D eigenvalue weighted by Gasteiger charge is -2.59. The Balaban J connectivity index is 1.63. The number of carbonyl (C=O) groups is 2. The number of rotatable bonds is 4. The zero-order valence-electron chi connectivity index (χ0n) is 17.0. The molecule has 1 aromatic rings. The van der Waals surface area contributed by atoms with Gasteiger partial charge in [0.1, 0.15) is 11.9 Å². The zero-order chi connectivity index (χ0) is 20.3. The molecule has 4 aliphatic rings. The first-order valence-electron chi connectivity index (χ1n) is 10.7. The first-order valence-corrected chi connectivity index (χ1v) is 11.3. The average Bonchev–Trinajstić information content (AvgIpc) is 3.02. The molecular weight excluding hydrogens is 386 g/mol. The van der Waals surface area contributed by atoms with Crippen LogP contribution in [0.1, 0.15) is 43.7 Å². The minimum Gasteiger partial charge on any atom is -0.485 e. The van der Waals surface area contributed by atoms with Crippen molar-refractivity contribution >= 4 is 30.1 Å². The molecule has 1 saturated carbocycles. The Labute approximate surface area is 177 Å². The van der Waals surface area contributed by atoms with Gasteiger partial charge in [-0.1, -0.05) is 6.07 Å². The smallest absolute Gasteiger partial charge is 0.225 e. The van der Waals surface area contributed by atoms with Gasteiger partial charge in [-0.15, -0.1) is 0 Å². The molecular formula is C22H29N3O3S. The third kappa shape index (κ3) is 2.73. The summed E-state index contributed by atoms with van der Waals surface area (Å²) in [5.41, 5.74) is 3.33. The summed E-state index contributed by atoms with van der Waals surface area (Å²) in [4.78, 5) is 26.7. The van der Waals surface area contributed by atoms with Crippen LogP contribution in [-0.4, -0.2) is 54.2 Å². The fourth-order valence-corrected chi connectivity index (χ4v) is 6.78. The maximum absolute atomic E-state index is 12.3. The molecule has 2 fully saturated rings. The summed E-state index contributed by atoms with van der Waals surface area (Å²) in [5.74, 6) is 1.82. The molecule has 5 rings (SSSR count). The summed E-state index contributed by atoms with van der Waals surface area (Å²) in [6.07, 6.45) is 4.38. The van der Waals surface area contributed by atoms with E-state index in [4.69, 9.17) is 4.74 Å². The van der Waals surface area contributed by atoms with Crippen molar-refractivity contribution in [3.8, 4) is 5.75 Å². The second-order valence-corrected chi connectivity index (χ2v) is 9.52. The molecule has 29 heavy (non-hydrogen) atoms. The van der Waals surface area contributed by atoms with Crippen LogP contribution in [0.25, 0.3) is 0 Å². The van der Waals surface area contributed by atoms with Crippen molar-refractivity contribution in [2.75, 3.05) is 24.7 Å². The first-order chi connectivity index (χ1) is 14.0. The third-order valence-electron chi connectivity index (χ3n) is 7.62. The monoisotopic (exact) mass is 415 g/mol. The Kier molecular flexibility index (Phi) is 4.59. The molecule has 5 atom stereocenters. The van der Waals surface area contributed by atoms with Gasteiger partial charge in [-0.2, -0.15) is 12.6 Å². The minimum atomic E-state index is -0.0737. The van der Waals surface area contributed by atoms with Gasteiger partial charge in [0.25, 0.3) is 0 Å². The SMILES string of the molecule is CC(=O)N[C@H]1CC[C@H]2[C@@H]3Cc4ccc(NC(=O)CCS)c5c4[C@@]2(CCN3C)[C@H]1O5. The molecule has 2 amide bonds. The van der Waals surface area contributed by atoms with Gasteiger partial charge in [0.2, 0.25) is 11.8 Å². The number of likely N-dealkylation sites (N-methyl/N-ethyl adjacent to an activating group) is 1. The van der Waals surface area contributed by atoms with Crippen LogP contribution in [-0.2, 0) is 21.4 Å². The lowest BCUT2D eigenvalue weighted by Crippen LogP contribution is -2.68. The molecule has 6 nitrogen and oxygen atoms in total. The number of hydrogen-bond donors (Lipinski definition) is 3. The van der Waals surface area contributed by atoms with Crippen LogP contribution in [0.15, 0.2) is 12.1 Å². The van der Waals surface area contributed by atoms with Crippen LogP contribution in [0.4, 0.5) is 5.69 Å². The van der Waals surface area contributed by atoms with E-state index in [1.165, 1.54) is 11.1 Å². The second-order valence-electron chi connectivity index (χ2n) is 9.07. The molecule has 7 heteroatoms. The summed E-state index contributed by atoms with van der Waals surface area (Å²) < 4.78 is 6.67. The molecule has 0 unspecified atom stereocenters. The lowest BCUT2D eigenvalue weighted by molar-refractivity contribution is -0.122. The Morgan fingerprint density at radius 2 is 2.17 bits per heavy atom. The number of benzene rings is 1. The van der Waals surface area contributed by atoms with Gasteiger partial charge in [-0.05, 0) is 62.6 Å². The fraction of sp³-hybridized carbons (Fsp3) is 0.636. The van der Waals surface area contributed by atoms with Crippen molar-refractivity contribution in [3.63, 3.8) is 0 Å². The van der Waals surface area contributed by atoms with Crippen molar-refractivity contribution in [2.24, 2.45) is 5.92 Å². The molecule has 2 aliphatic carbocycles. The van der Waals surface area contributed by atoms with E-state index in [9.17, 15) is 9.59 Å². The Morgan fingerprint density at radius 1 is 1.34 bits per heavy atom. The van der Waals surface area contributed by atoms with Crippen molar-refractivity contribution < 1.29 is 14.3 Å². The maximum atomic E-state index is 12.3. The van der Waals surface area contributed by atoms with Gasteiger partial charge >= 0.3 is 0 Å². The van der Waals surface area contributed by atoms with E-state index in [0.29, 0.717) is 24.1 Å². The molecule has 2 aliphatic heterocycles. The lowest BCUT2D eigenvalue weighted by atomic mass is 9.51. The van der Waals surface area contributed by atoms with Crippen LogP contribution in [0, 0.1) is 5.92 Å². The van der Waals surface area contributed by atoms with Crippen LogP contribution in [0.2, 0.25) is 0 Å². The van der Waals surface area contributed by atoms with E-state index in [2.05, 4.69) is 41.3 Å². The molecule has 2 bridgehead atoms. The molecule has 1 aromatic carbocycles. The van der Waals surface area contributed by atoms with E-state index < -0.39 is 0 Å². The zero-order valence-corrected chi connectivity index (χ0v) is 17.9. The summed E-state index contributed by atoms with van der Waals surface area (Å²) in [6.45, 7) is 2.61. The molecule has 1 saturated heterocycles. The number of likely N-dealkylation sites (tertiary alicyclic amines) is 1.